The monoisotopic (exact) mass is 355 g/mol. The Kier molecular flexibility index (Phi) is 11.1. The van der Waals surface area contributed by atoms with Crippen molar-refractivity contribution in [2.75, 3.05) is 52.5 Å². The first-order valence-corrected chi connectivity index (χ1v) is 10.0. The van der Waals surface area contributed by atoms with E-state index < -0.39 is 0 Å². The van der Waals surface area contributed by atoms with E-state index in [1.807, 2.05) is 0 Å². The maximum atomic E-state index is 5.43. The predicted molar refractivity (Wildman–Crippen MR) is 107 cm³/mol. The van der Waals surface area contributed by atoms with Gasteiger partial charge in [-0.05, 0) is 48.0 Å². The van der Waals surface area contributed by atoms with E-state index in [0.29, 0.717) is 18.1 Å². The standard InChI is InChI=1S/C19H41N5O/c1-7-20-19(21-9-8-10-24(16(2)3)17(4)5)22-15-18(6)23-11-13-25-14-12-23/h16-18H,7-15H2,1-6H3,(H2,20,21,22). The van der Waals surface area contributed by atoms with Gasteiger partial charge in [0, 0.05) is 50.8 Å². The molecule has 0 aromatic carbocycles. The van der Waals surface area contributed by atoms with E-state index in [1.54, 1.807) is 0 Å². The molecule has 1 aliphatic rings. The third-order valence-corrected chi connectivity index (χ3v) is 4.74. The first-order valence-electron chi connectivity index (χ1n) is 10.0. The van der Waals surface area contributed by atoms with E-state index in [-0.39, 0.29) is 0 Å². The Morgan fingerprint density at radius 2 is 1.72 bits per heavy atom. The summed E-state index contributed by atoms with van der Waals surface area (Å²) in [6.45, 7) is 20.9. The fourth-order valence-electron chi connectivity index (χ4n) is 3.28. The zero-order valence-electron chi connectivity index (χ0n) is 17.3. The molecule has 1 atom stereocenters. The summed E-state index contributed by atoms with van der Waals surface area (Å²) >= 11 is 0. The molecule has 0 aromatic rings. The van der Waals surface area contributed by atoms with Crippen molar-refractivity contribution >= 4 is 5.96 Å². The molecular formula is C19H41N5O. The van der Waals surface area contributed by atoms with Crippen LogP contribution in [0, 0.1) is 0 Å². The highest BCUT2D eigenvalue weighted by molar-refractivity contribution is 5.79. The van der Waals surface area contributed by atoms with E-state index in [0.717, 1.165) is 64.9 Å². The third-order valence-electron chi connectivity index (χ3n) is 4.74. The van der Waals surface area contributed by atoms with Gasteiger partial charge in [0.05, 0.1) is 19.8 Å². The second-order valence-corrected chi connectivity index (χ2v) is 7.42. The van der Waals surface area contributed by atoms with Crippen molar-refractivity contribution in [1.82, 2.24) is 20.4 Å². The molecule has 1 fully saturated rings. The SMILES string of the molecule is CCNC(=NCC(C)N1CCOCC1)NCCCN(C(C)C)C(C)C. The van der Waals surface area contributed by atoms with Crippen molar-refractivity contribution in [2.24, 2.45) is 4.99 Å². The fraction of sp³-hybridized carbons (Fsp3) is 0.947. The molecule has 25 heavy (non-hydrogen) atoms. The second-order valence-electron chi connectivity index (χ2n) is 7.42. The van der Waals surface area contributed by atoms with Gasteiger partial charge in [-0.2, -0.15) is 0 Å². The second kappa shape index (κ2) is 12.5. The summed E-state index contributed by atoms with van der Waals surface area (Å²) in [4.78, 5) is 9.77. The van der Waals surface area contributed by atoms with Crippen molar-refractivity contribution in [3.05, 3.63) is 0 Å². The topological polar surface area (TPSA) is 52.1 Å². The number of hydrogen-bond acceptors (Lipinski definition) is 4. The highest BCUT2D eigenvalue weighted by Crippen LogP contribution is 2.05. The van der Waals surface area contributed by atoms with Gasteiger partial charge in [0.25, 0.3) is 0 Å². The van der Waals surface area contributed by atoms with Crippen LogP contribution in [0.5, 0.6) is 0 Å². The molecule has 1 saturated heterocycles. The zero-order chi connectivity index (χ0) is 18.7. The van der Waals surface area contributed by atoms with E-state index in [1.165, 1.54) is 0 Å². The lowest BCUT2D eigenvalue weighted by molar-refractivity contribution is 0.0220. The Labute approximate surface area is 155 Å². The number of aliphatic imine (C=N–C) groups is 1. The number of ether oxygens (including phenoxy) is 1. The maximum Gasteiger partial charge on any atom is 0.191 e. The molecule has 148 valence electrons. The molecular weight excluding hydrogens is 314 g/mol. The molecule has 0 aromatic heterocycles. The maximum absolute atomic E-state index is 5.43. The fourth-order valence-corrected chi connectivity index (χ4v) is 3.28. The van der Waals surface area contributed by atoms with Crippen LogP contribution >= 0.6 is 0 Å². The quantitative estimate of drug-likeness (QED) is 0.355. The van der Waals surface area contributed by atoms with E-state index in [9.17, 15) is 0 Å². The van der Waals surface area contributed by atoms with Gasteiger partial charge in [0.1, 0.15) is 0 Å². The van der Waals surface area contributed by atoms with E-state index >= 15 is 0 Å². The number of hydrogen-bond donors (Lipinski definition) is 2. The highest BCUT2D eigenvalue weighted by atomic mass is 16.5. The van der Waals surface area contributed by atoms with Gasteiger partial charge in [-0.15, -0.1) is 0 Å². The smallest absolute Gasteiger partial charge is 0.191 e. The molecule has 1 heterocycles. The number of nitrogens with one attached hydrogen (secondary N) is 2. The van der Waals surface area contributed by atoms with Crippen molar-refractivity contribution in [3.8, 4) is 0 Å². The number of rotatable bonds is 10. The van der Waals surface area contributed by atoms with Crippen LogP contribution in [0.15, 0.2) is 4.99 Å². The molecule has 0 radical (unpaired) electrons. The van der Waals surface area contributed by atoms with Gasteiger partial charge in [-0.25, -0.2) is 0 Å². The van der Waals surface area contributed by atoms with Crippen LogP contribution in [0.2, 0.25) is 0 Å². The minimum Gasteiger partial charge on any atom is -0.379 e. The molecule has 0 amide bonds. The van der Waals surface area contributed by atoms with Crippen molar-refractivity contribution in [2.45, 2.75) is 66.1 Å². The lowest BCUT2D eigenvalue weighted by atomic mass is 10.2. The molecule has 0 aliphatic carbocycles. The number of guanidine groups is 1. The first-order chi connectivity index (χ1) is 12.0. The number of morpholine rings is 1. The average Bonchev–Trinajstić information content (AvgIpc) is 2.59. The summed E-state index contributed by atoms with van der Waals surface area (Å²) in [5, 5.41) is 6.84. The number of nitrogens with zero attached hydrogens (tertiary/aromatic N) is 3. The summed E-state index contributed by atoms with van der Waals surface area (Å²) in [7, 11) is 0. The largest absolute Gasteiger partial charge is 0.379 e. The molecule has 2 N–H and O–H groups in total. The van der Waals surface area contributed by atoms with Crippen LogP contribution in [-0.2, 0) is 4.74 Å². The van der Waals surface area contributed by atoms with Crippen molar-refractivity contribution in [1.29, 1.82) is 0 Å². The molecule has 0 spiro atoms. The van der Waals surface area contributed by atoms with Crippen LogP contribution < -0.4 is 10.6 Å². The average molecular weight is 356 g/mol. The lowest BCUT2D eigenvalue weighted by Crippen LogP contribution is -2.45. The first kappa shape index (κ1) is 22.2. The molecule has 0 saturated carbocycles. The van der Waals surface area contributed by atoms with Crippen molar-refractivity contribution in [3.63, 3.8) is 0 Å². The molecule has 0 bridgehead atoms. The minimum atomic E-state index is 0.455. The third kappa shape index (κ3) is 8.88. The minimum absolute atomic E-state index is 0.455. The Hall–Kier alpha value is -0.850. The summed E-state index contributed by atoms with van der Waals surface area (Å²) in [6, 6.07) is 1.64. The molecule has 6 heteroatoms. The van der Waals surface area contributed by atoms with Crippen LogP contribution in [0.25, 0.3) is 0 Å². The highest BCUT2D eigenvalue weighted by Gasteiger charge is 2.16. The van der Waals surface area contributed by atoms with Crippen LogP contribution in [0.1, 0.15) is 48.0 Å². The molecule has 1 rings (SSSR count). The Morgan fingerprint density at radius 3 is 2.28 bits per heavy atom. The molecule has 6 nitrogen and oxygen atoms in total. The van der Waals surface area contributed by atoms with Crippen LogP contribution in [0.4, 0.5) is 0 Å². The summed E-state index contributed by atoms with van der Waals surface area (Å²) < 4.78 is 5.43. The summed E-state index contributed by atoms with van der Waals surface area (Å²) in [6.07, 6.45) is 1.12. The molecule has 1 unspecified atom stereocenters. The van der Waals surface area contributed by atoms with E-state index in [2.05, 4.69) is 62.0 Å². The Morgan fingerprint density at radius 1 is 1.08 bits per heavy atom. The normalized spacial score (nSPS) is 18.2. The van der Waals surface area contributed by atoms with Gasteiger partial charge >= 0.3 is 0 Å². The molecule has 1 aliphatic heterocycles. The zero-order valence-corrected chi connectivity index (χ0v) is 17.3. The predicted octanol–water partition coefficient (Wildman–Crippen LogP) is 1.77. The van der Waals surface area contributed by atoms with Gasteiger partial charge in [-0.3, -0.25) is 14.8 Å². The van der Waals surface area contributed by atoms with E-state index in [4.69, 9.17) is 9.73 Å². The summed E-state index contributed by atoms with van der Waals surface area (Å²) in [5.41, 5.74) is 0. The Bertz CT molecular complexity index is 359. The Balaban J connectivity index is 2.37. The van der Waals surface area contributed by atoms with Crippen LogP contribution in [-0.4, -0.2) is 86.4 Å². The van der Waals surface area contributed by atoms with Gasteiger partial charge in [0.15, 0.2) is 5.96 Å². The summed E-state index contributed by atoms with van der Waals surface area (Å²) in [5.74, 6) is 0.934. The lowest BCUT2D eigenvalue weighted by Gasteiger charge is -2.31. The van der Waals surface area contributed by atoms with Gasteiger partial charge in [-0.1, -0.05) is 0 Å². The van der Waals surface area contributed by atoms with Crippen molar-refractivity contribution < 1.29 is 4.74 Å². The van der Waals surface area contributed by atoms with Gasteiger partial charge < -0.3 is 15.4 Å². The van der Waals surface area contributed by atoms with Gasteiger partial charge in [0.2, 0.25) is 0 Å². The van der Waals surface area contributed by atoms with Crippen LogP contribution in [0.3, 0.4) is 0 Å².